The molecule has 0 radical (unpaired) electrons. The predicted octanol–water partition coefficient (Wildman–Crippen LogP) is 3.78. The number of carbonyl (C=O) groups excluding carboxylic acids is 2. The summed E-state index contributed by atoms with van der Waals surface area (Å²) in [5, 5.41) is 6.30. The fourth-order valence-electron chi connectivity index (χ4n) is 2.80. The molecule has 0 aliphatic rings. The van der Waals surface area contributed by atoms with Crippen LogP contribution in [0.4, 0.5) is 0 Å². The number of hydrogen-bond donors (Lipinski definition) is 2. The topological polar surface area (TPSA) is 63.1 Å². The molecule has 26 heavy (non-hydrogen) atoms. The Morgan fingerprint density at radius 1 is 1.12 bits per heavy atom. The van der Waals surface area contributed by atoms with Crippen LogP contribution in [0, 0.1) is 13.8 Å². The average molecular weight is 376 g/mol. The van der Waals surface area contributed by atoms with E-state index in [1.807, 2.05) is 69.5 Å². The second-order valence-corrected chi connectivity index (χ2v) is 7.97. The summed E-state index contributed by atoms with van der Waals surface area (Å²) in [6.45, 7) is 11.2. The molecule has 5 nitrogen and oxygen atoms in total. The van der Waals surface area contributed by atoms with Gasteiger partial charge in [0.25, 0.3) is 5.91 Å². The van der Waals surface area contributed by atoms with Crippen molar-refractivity contribution < 1.29 is 9.59 Å². The molecule has 1 aromatic carbocycles. The number of halogens is 1. The number of aryl methyl sites for hydroxylation is 1. The maximum absolute atomic E-state index is 12.7. The van der Waals surface area contributed by atoms with Gasteiger partial charge >= 0.3 is 0 Å². The highest BCUT2D eigenvalue weighted by Crippen LogP contribution is 2.22. The molecule has 0 saturated heterocycles. The number of aromatic nitrogens is 1. The maximum Gasteiger partial charge on any atom is 0.253 e. The van der Waals surface area contributed by atoms with Gasteiger partial charge in [0.15, 0.2) is 0 Å². The third-order valence-corrected chi connectivity index (χ3v) is 4.25. The van der Waals surface area contributed by atoms with Gasteiger partial charge in [-0.25, -0.2) is 0 Å². The Balaban J connectivity index is 2.21. The Morgan fingerprint density at radius 3 is 2.23 bits per heavy atom. The summed E-state index contributed by atoms with van der Waals surface area (Å²) >= 11 is 5.96. The molecule has 1 unspecified atom stereocenters. The summed E-state index contributed by atoms with van der Waals surface area (Å²) in [4.78, 5) is 24.9. The van der Waals surface area contributed by atoms with E-state index in [0.717, 1.165) is 17.1 Å². The average Bonchev–Trinajstić information content (AvgIpc) is 2.81. The van der Waals surface area contributed by atoms with E-state index in [4.69, 9.17) is 11.6 Å². The monoisotopic (exact) mass is 375 g/mol. The van der Waals surface area contributed by atoms with Crippen molar-refractivity contribution in [3.63, 3.8) is 0 Å². The van der Waals surface area contributed by atoms with Crippen LogP contribution in [0.15, 0.2) is 30.3 Å². The molecule has 2 N–H and O–H groups in total. The van der Waals surface area contributed by atoms with E-state index in [1.165, 1.54) is 0 Å². The lowest BCUT2D eigenvalue weighted by atomic mass is 10.1. The SMILES string of the molecule is Cc1cc(C(=O)NC(C)C(=O)NC(C)(C)C)c(C)n1-c1ccc(Cl)cc1. The fraction of sp³-hybridized carbons (Fsp3) is 0.400. The van der Waals surface area contributed by atoms with Crippen molar-refractivity contribution in [1.29, 1.82) is 0 Å². The lowest BCUT2D eigenvalue weighted by Crippen LogP contribution is -2.50. The smallest absolute Gasteiger partial charge is 0.253 e. The highest BCUT2D eigenvalue weighted by atomic mass is 35.5. The molecule has 0 saturated carbocycles. The number of nitrogens with one attached hydrogen (secondary N) is 2. The van der Waals surface area contributed by atoms with Crippen LogP contribution < -0.4 is 10.6 Å². The van der Waals surface area contributed by atoms with Crippen molar-refractivity contribution in [3.05, 3.63) is 52.3 Å². The van der Waals surface area contributed by atoms with Gasteiger partial charge in [0.2, 0.25) is 5.91 Å². The van der Waals surface area contributed by atoms with Gasteiger partial charge in [-0.2, -0.15) is 0 Å². The number of amides is 2. The standard InChI is InChI=1S/C20H26ClN3O2/c1-12-11-17(14(3)24(12)16-9-7-15(21)8-10-16)19(26)22-13(2)18(25)23-20(4,5)6/h7-11,13H,1-6H3,(H,22,26)(H,23,25). The molecule has 2 amide bonds. The highest BCUT2D eigenvalue weighted by molar-refractivity contribution is 6.30. The zero-order valence-electron chi connectivity index (χ0n) is 16.1. The highest BCUT2D eigenvalue weighted by Gasteiger charge is 2.23. The molecule has 1 heterocycles. The Hall–Kier alpha value is -2.27. The zero-order valence-corrected chi connectivity index (χ0v) is 16.9. The first-order valence-corrected chi connectivity index (χ1v) is 8.95. The summed E-state index contributed by atoms with van der Waals surface area (Å²) in [6, 6.07) is 8.64. The van der Waals surface area contributed by atoms with E-state index >= 15 is 0 Å². The van der Waals surface area contributed by atoms with Crippen molar-refractivity contribution in [2.75, 3.05) is 0 Å². The minimum atomic E-state index is -0.625. The molecule has 0 fully saturated rings. The maximum atomic E-state index is 12.7. The summed E-state index contributed by atoms with van der Waals surface area (Å²) in [7, 11) is 0. The quantitative estimate of drug-likeness (QED) is 0.854. The van der Waals surface area contributed by atoms with Crippen LogP contribution in [0.1, 0.15) is 49.4 Å². The molecule has 0 aliphatic carbocycles. The molecule has 1 aromatic heterocycles. The Bertz CT molecular complexity index is 817. The molecule has 6 heteroatoms. The lowest BCUT2D eigenvalue weighted by Gasteiger charge is -2.23. The van der Waals surface area contributed by atoms with E-state index in [0.29, 0.717) is 10.6 Å². The normalized spacial score (nSPS) is 12.6. The Kier molecular flexibility index (Phi) is 5.81. The van der Waals surface area contributed by atoms with Crippen molar-refractivity contribution in [1.82, 2.24) is 15.2 Å². The molecule has 2 aromatic rings. The molecule has 140 valence electrons. The number of rotatable bonds is 4. The van der Waals surface area contributed by atoms with Gasteiger partial charge in [-0.1, -0.05) is 11.6 Å². The third-order valence-electron chi connectivity index (χ3n) is 4.00. The third kappa shape index (κ3) is 4.67. The van der Waals surface area contributed by atoms with Crippen LogP contribution in [-0.2, 0) is 4.79 Å². The van der Waals surface area contributed by atoms with Crippen LogP contribution in [-0.4, -0.2) is 28.0 Å². The largest absolute Gasteiger partial charge is 0.350 e. The first-order valence-electron chi connectivity index (χ1n) is 8.57. The Morgan fingerprint density at radius 2 is 1.69 bits per heavy atom. The van der Waals surface area contributed by atoms with Crippen LogP contribution in [0.2, 0.25) is 5.02 Å². The van der Waals surface area contributed by atoms with Gasteiger partial charge in [-0.15, -0.1) is 0 Å². The minimum absolute atomic E-state index is 0.211. The molecule has 1 atom stereocenters. The van der Waals surface area contributed by atoms with Gasteiger partial charge in [0.1, 0.15) is 6.04 Å². The molecule has 2 rings (SSSR count). The first-order chi connectivity index (χ1) is 12.0. The summed E-state index contributed by atoms with van der Waals surface area (Å²) in [5.41, 5.74) is 2.88. The van der Waals surface area contributed by atoms with Gasteiger partial charge in [0.05, 0.1) is 5.56 Å². The summed E-state index contributed by atoms with van der Waals surface area (Å²) in [5.74, 6) is -0.479. The number of carbonyl (C=O) groups is 2. The van der Waals surface area contributed by atoms with Gasteiger partial charge in [-0.05, 0) is 71.9 Å². The second kappa shape index (κ2) is 7.54. The molecular formula is C20H26ClN3O2. The molecule has 0 spiro atoms. The number of nitrogens with zero attached hydrogens (tertiary/aromatic N) is 1. The summed E-state index contributed by atoms with van der Waals surface area (Å²) in [6.07, 6.45) is 0. The fourth-order valence-corrected chi connectivity index (χ4v) is 2.92. The van der Waals surface area contributed by atoms with E-state index in [-0.39, 0.29) is 17.4 Å². The van der Waals surface area contributed by atoms with Crippen molar-refractivity contribution in [3.8, 4) is 5.69 Å². The van der Waals surface area contributed by atoms with Crippen LogP contribution in [0.25, 0.3) is 5.69 Å². The van der Waals surface area contributed by atoms with Gasteiger partial charge in [-0.3, -0.25) is 9.59 Å². The van der Waals surface area contributed by atoms with E-state index < -0.39 is 6.04 Å². The van der Waals surface area contributed by atoms with Gasteiger partial charge < -0.3 is 15.2 Å². The van der Waals surface area contributed by atoms with E-state index in [2.05, 4.69) is 10.6 Å². The van der Waals surface area contributed by atoms with Crippen molar-refractivity contribution in [2.24, 2.45) is 0 Å². The number of benzene rings is 1. The van der Waals surface area contributed by atoms with Gasteiger partial charge in [0, 0.05) is 27.6 Å². The van der Waals surface area contributed by atoms with Crippen LogP contribution in [0.5, 0.6) is 0 Å². The first kappa shape index (κ1) is 20.0. The summed E-state index contributed by atoms with van der Waals surface area (Å²) < 4.78 is 1.99. The van der Waals surface area contributed by atoms with Crippen molar-refractivity contribution >= 4 is 23.4 Å². The van der Waals surface area contributed by atoms with E-state index in [9.17, 15) is 9.59 Å². The lowest BCUT2D eigenvalue weighted by molar-refractivity contribution is -0.124. The van der Waals surface area contributed by atoms with Crippen molar-refractivity contribution in [2.45, 2.75) is 53.1 Å². The van der Waals surface area contributed by atoms with E-state index in [1.54, 1.807) is 6.92 Å². The predicted molar refractivity (Wildman–Crippen MR) is 105 cm³/mol. The molecule has 0 bridgehead atoms. The molecular weight excluding hydrogens is 350 g/mol. The minimum Gasteiger partial charge on any atom is -0.350 e. The number of hydrogen-bond acceptors (Lipinski definition) is 2. The van der Waals surface area contributed by atoms with Crippen LogP contribution >= 0.6 is 11.6 Å². The molecule has 0 aliphatic heterocycles. The second-order valence-electron chi connectivity index (χ2n) is 7.53. The Labute approximate surface area is 159 Å². The van der Waals surface area contributed by atoms with Crippen LogP contribution in [0.3, 0.4) is 0 Å². The zero-order chi connectivity index (χ0) is 19.6.